The van der Waals surface area contributed by atoms with Crippen molar-refractivity contribution in [1.29, 1.82) is 0 Å². The molecule has 0 radical (unpaired) electrons. The lowest BCUT2D eigenvalue weighted by Gasteiger charge is -2.29. The first-order valence-electron chi connectivity index (χ1n) is 14.5. The van der Waals surface area contributed by atoms with Gasteiger partial charge in [0.15, 0.2) is 0 Å². The maximum Gasteiger partial charge on any atom is 0.250 e. The number of hydrogen-bond donors (Lipinski definition) is 3. The number of nitrogens with one attached hydrogen (secondary N) is 2. The lowest BCUT2D eigenvalue weighted by Crippen LogP contribution is -2.36. The number of ether oxygens (including phenoxy) is 1. The summed E-state index contributed by atoms with van der Waals surface area (Å²) in [7, 11) is 2.01. The third-order valence-electron chi connectivity index (χ3n) is 7.63. The second kappa shape index (κ2) is 13.5. The van der Waals surface area contributed by atoms with E-state index in [0.717, 1.165) is 69.9 Å². The van der Waals surface area contributed by atoms with Crippen LogP contribution in [0.25, 0.3) is 11.3 Å². The maximum atomic E-state index is 12.7. The molecule has 1 unspecified atom stereocenters. The zero-order valence-electron chi connectivity index (χ0n) is 24.4. The molecule has 1 atom stereocenters. The Labute approximate surface area is 260 Å². The molecule has 0 amide bonds. The molecule has 0 bridgehead atoms. The number of hydrogen-bond acceptors (Lipinski definition) is 10. The first-order valence-corrected chi connectivity index (χ1v) is 16.1. The lowest BCUT2D eigenvalue weighted by molar-refractivity contribution is 0.122. The van der Waals surface area contributed by atoms with Crippen LogP contribution in [-0.4, -0.2) is 78.0 Å². The fourth-order valence-electron chi connectivity index (χ4n) is 5.29. The highest BCUT2D eigenvalue weighted by molar-refractivity contribution is 8.05. The summed E-state index contributed by atoms with van der Waals surface area (Å²) in [5, 5.41) is 13.0. The molecular formula is C32H36N6O3S2. The van der Waals surface area contributed by atoms with Crippen LogP contribution in [0.5, 0.6) is 0 Å². The Morgan fingerprint density at radius 1 is 1.05 bits per heavy atom. The van der Waals surface area contributed by atoms with Gasteiger partial charge in [-0.05, 0) is 50.7 Å². The first kappa shape index (κ1) is 29.7. The quantitative estimate of drug-likeness (QED) is 0.197. The van der Waals surface area contributed by atoms with Crippen LogP contribution in [-0.2, 0) is 4.74 Å². The predicted molar refractivity (Wildman–Crippen MR) is 173 cm³/mol. The molecule has 2 aromatic carbocycles. The number of fused-ring (bicyclic) bond motifs is 2. The molecular weight excluding hydrogens is 581 g/mol. The number of rotatable bonds is 10. The smallest absolute Gasteiger partial charge is 0.250 e. The van der Waals surface area contributed by atoms with Crippen LogP contribution in [0.2, 0.25) is 0 Å². The highest BCUT2D eigenvalue weighted by Crippen LogP contribution is 2.52. The fourth-order valence-corrected chi connectivity index (χ4v) is 7.70. The normalized spacial score (nSPS) is 15.2. The van der Waals surface area contributed by atoms with Crippen molar-refractivity contribution >= 4 is 34.9 Å². The van der Waals surface area contributed by atoms with E-state index in [1.807, 2.05) is 20.2 Å². The molecule has 6 rings (SSSR count). The van der Waals surface area contributed by atoms with E-state index in [0.29, 0.717) is 19.8 Å². The number of aryl methyl sites for hydroxylation is 1. The molecule has 11 heteroatoms. The van der Waals surface area contributed by atoms with Gasteiger partial charge in [-0.1, -0.05) is 35.7 Å². The Balaban J connectivity index is 1.24. The van der Waals surface area contributed by atoms with Gasteiger partial charge in [0.25, 0.3) is 0 Å². The van der Waals surface area contributed by atoms with E-state index in [2.05, 4.69) is 72.5 Å². The average Bonchev–Trinajstić information content (AvgIpc) is 3.02. The predicted octanol–water partition coefficient (Wildman–Crippen LogP) is 5.06. The number of pyridine rings is 1. The second-order valence-corrected chi connectivity index (χ2v) is 12.9. The minimum absolute atomic E-state index is 0.0250. The largest absolute Gasteiger partial charge is 0.395 e. The van der Waals surface area contributed by atoms with Gasteiger partial charge >= 0.3 is 0 Å². The summed E-state index contributed by atoms with van der Waals surface area (Å²) in [5.74, 6) is 0. The maximum absolute atomic E-state index is 12.7. The summed E-state index contributed by atoms with van der Waals surface area (Å²) >= 11 is 3.49. The average molecular weight is 617 g/mol. The van der Waals surface area contributed by atoms with Crippen LogP contribution in [0.15, 0.2) is 85.3 Å². The number of likely N-dealkylation sites (N-methyl/N-ethyl adjacent to an activating group) is 1. The summed E-state index contributed by atoms with van der Waals surface area (Å²) in [4.78, 5) is 33.9. The van der Waals surface area contributed by atoms with Gasteiger partial charge in [-0.25, -0.2) is 0 Å². The topological polar surface area (TPSA) is 107 Å². The molecule has 3 N–H and O–H groups in total. The third kappa shape index (κ3) is 7.08. The highest BCUT2D eigenvalue weighted by Gasteiger charge is 2.23. The molecule has 1 fully saturated rings. The molecule has 224 valence electrons. The molecule has 1 saturated heterocycles. The number of benzene rings is 2. The van der Waals surface area contributed by atoms with Gasteiger partial charge < -0.3 is 29.9 Å². The van der Waals surface area contributed by atoms with Gasteiger partial charge in [0.2, 0.25) is 5.56 Å². The van der Waals surface area contributed by atoms with E-state index in [9.17, 15) is 9.90 Å². The van der Waals surface area contributed by atoms with Crippen LogP contribution >= 0.6 is 23.5 Å². The van der Waals surface area contributed by atoms with Crippen LogP contribution in [0.1, 0.15) is 23.9 Å². The van der Waals surface area contributed by atoms with Crippen molar-refractivity contribution < 1.29 is 9.84 Å². The van der Waals surface area contributed by atoms with E-state index in [1.165, 1.54) is 9.79 Å². The van der Waals surface area contributed by atoms with Gasteiger partial charge in [-0.2, -0.15) is 0 Å². The standard InChI is InChI=1S/C32H36N6O3S2/c1-21-19-34-27(20-33-21)25(8-9-37(2)10-13-39)35-22-6-7-28-30(16-22)42-29-5-3-4-24(32(29)43-28)26-17-23(18-31(40)36-26)38-11-14-41-15-12-38/h3-7,16-20,25,35,39H,8-15H2,1-2H3,(H,36,40). The summed E-state index contributed by atoms with van der Waals surface area (Å²) in [6.07, 6.45) is 4.47. The molecule has 9 nitrogen and oxygen atoms in total. The molecule has 4 heterocycles. The number of aliphatic hydroxyl groups is 1. The summed E-state index contributed by atoms with van der Waals surface area (Å²) in [6.45, 7) is 6.42. The Bertz CT molecular complexity index is 1620. The van der Waals surface area contributed by atoms with Gasteiger partial charge in [0.1, 0.15) is 0 Å². The zero-order chi connectivity index (χ0) is 29.8. The van der Waals surface area contributed by atoms with Gasteiger partial charge in [-0.15, -0.1) is 0 Å². The number of aromatic amines is 1. The van der Waals surface area contributed by atoms with E-state index >= 15 is 0 Å². The highest BCUT2D eigenvalue weighted by atomic mass is 32.2. The number of aliphatic hydroxyl groups excluding tert-OH is 1. The van der Waals surface area contributed by atoms with Gasteiger partial charge in [0, 0.05) is 75.0 Å². The monoisotopic (exact) mass is 616 g/mol. The molecule has 0 spiro atoms. The molecule has 0 aliphatic carbocycles. The van der Waals surface area contributed by atoms with Crippen molar-refractivity contribution in [2.45, 2.75) is 39.0 Å². The molecule has 43 heavy (non-hydrogen) atoms. The van der Waals surface area contributed by atoms with Gasteiger partial charge in [0.05, 0.1) is 49.1 Å². The number of morpholine rings is 1. The van der Waals surface area contributed by atoms with Crippen molar-refractivity contribution in [2.75, 3.05) is 63.3 Å². The third-order valence-corrected chi connectivity index (χ3v) is 10.2. The molecule has 4 aromatic rings. The number of nitrogens with zero attached hydrogens (tertiary/aromatic N) is 4. The zero-order valence-corrected chi connectivity index (χ0v) is 26.0. The Morgan fingerprint density at radius 2 is 1.91 bits per heavy atom. The summed E-state index contributed by atoms with van der Waals surface area (Å²) < 4.78 is 5.51. The first-order chi connectivity index (χ1) is 21.0. The van der Waals surface area contributed by atoms with E-state index < -0.39 is 0 Å². The summed E-state index contributed by atoms with van der Waals surface area (Å²) in [6, 6.07) is 16.5. The van der Waals surface area contributed by atoms with E-state index in [1.54, 1.807) is 35.8 Å². The Morgan fingerprint density at radius 3 is 2.70 bits per heavy atom. The van der Waals surface area contributed by atoms with Crippen molar-refractivity contribution in [3.05, 3.63) is 82.7 Å². The van der Waals surface area contributed by atoms with Crippen LogP contribution in [0, 0.1) is 6.92 Å². The van der Waals surface area contributed by atoms with Crippen molar-refractivity contribution in [3.63, 3.8) is 0 Å². The van der Waals surface area contributed by atoms with Crippen LogP contribution < -0.4 is 15.8 Å². The Kier molecular flexibility index (Phi) is 9.34. The lowest BCUT2D eigenvalue weighted by atomic mass is 10.1. The van der Waals surface area contributed by atoms with Crippen molar-refractivity contribution in [1.82, 2.24) is 19.9 Å². The number of H-pyrrole nitrogens is 1. The van der Waals surface area contributed by atoms with Crippen LogP contribution in [0.3, 0.4) is 0 Å². The fraction of sp³-hybridized carbons (Fsp3) is 0.344. The SMILES string of the molecule is Cc1cnc(C(CCN(C)CCO)Nc2ccc3c(c2)Sc2cccc(-c4cc(N5CCOCC5)cc(=O)[nH]4)c2S3)cn1. The van der Waals surface area contributed by atoms with Crippen LogP contribution in [0.4, 0.5) is 11.4 Å². The minimum Gasteiger partial charge on any atom is -0.395 e. The second-order valence-electron chi connectivity index (χ2n) is 10.8. The van der Waals surface area contributed by atoms with Gasteiger partial charge in [-0.3, -0.25) is 14.8 Å². The molecule has 2 aliphatic heterocycles. The van der Waals surface area contributed by atoms with Crippen molar-refractivity contribution in [3.8, 4) is 11.3 Å². The van der Waals surface area contributed by atoms with Crippen molar-refractivity contribution in [2.24, 2.45) is 0 Å². The minimum atomic E-state index is -0.100. The van der Waals surface area contributed by atoms with E-state index in [-0.39, 0.29) is 18.2 Å². The number of aromatic nitrogens is 3. The number of anilines is 2. The Hall–Kier alpha value is -3.35. The van der Waals surface area contributed by atoms with E-state index in [4.69, 9.17) is 4.74 Å². The molecule has 2 aromatic heterocycles. The molecule has 0 saturated carbocycles. The molecule has 2 aliphatic rings. The summed E-state index contributed by atoms with van der Waals surface area (Å²) in [5.41, 5.74) is 5.49.